The van der Waals surface area contributed by atoms with E-state index in [9.17, 15) is 4.79 Å². The van der Waals surface area contributed by atoms with Crippen molar-refractivity contribution in [3.8, 4) is 11.5 Å². The van der Waals surface area contributed by atoms with Crippen LogP contribution in [0.1, 0.15) is 6.92 Å². The first-order valence-corrected chi connectivity index (χ1v) is 8.55. The van der Waals surface area contributed by atoms with Gasteiger partial charge in [-0.05, 0) is 43.3 Å². The van der Waals surface area contributed by atoms with Gasteiger partial charge in [0.1, 0.15) is 11.5 Å². The highest BCUT2D eigenvalue weighted by molar-refractivity contribution is 5.90. The minimum atomic E-state index is -0.310. The fourth-order valence-electron chi connectivity index (χ4n) is 2.30. The van der Waals surface area contributed by atoms with E-state index in [1.165, 1.54) is 0 Å². The number of para-hydroxylation sites is 3. The zero-order valence-electron chi connectivity index (χ0n) is 14.9. The number of hydrogen-bond donors (Lipinski definition) is 2. The zero-order valence-corrected chi connectivity index (χ0v) is 14.9. The molecule has 0 fully saturated rings. The molecule has 2 aromatic carbocycles. The molecule has 27 heavy (non-hydrogen) atoms. The van der Waals surface area contributed by atoms with Crippen LogP contribution in [-0.2, 0) is 4.79 Å². The maximum absolute atomic E-state index is 11.9. The number of carbonyl (C=O) groups excluding carboxylic acids is 1. The molecule has 0 aliphatic heterocycles. The molecule has 0 aliphatic carbocycles. The first kappa shape index (κ1) is 18.2. The third-order valence-corrected chi connectivity index (χ3v) is 3.49. The van der Waals surface area contributed by atoms with Gasteiger partial charge in [0.15, 0.2) is 18.2 Å². The van der Waals surface area contributed by atoms with Crippen LogP contribution in [0.25, 0.3) is 0 Å². The van der Waals surface area contributed by atoms with Crippen molar-refractivity contribution in [2.45, 2.75) is 6.92 Å². The summed E-state index contributed by atoms with van der Waals surface area (Å²) in [6, 6.07) is 20.1. The lowest BCUT2D eigenvalue weighted by atomic mass is 10.3. The van der Waals surface area contributed by atoms with E-state index in [2.05, 4.69) is 20.8 Å². The number of ether oxygens (including phenoxy) is 2. The molecule has 0 atom stereocenters. The number of rotatable bonds is 8. The second-order valence-electron chi connectivity index (χ2n) is 5.51. The summed E-state index contributed by atoms with van der Waals surface area (Å²) in [6.45, 7) is 2.39. The molecule has 7 nitrogen and oxygen atoms in total. The number of carbonyl (C=O) groups is 1. The average molecular weight is 364 g/mol. The number of amides is 1. The van der Waals surface area contributed by atoms with Crippen LogP contribution < -0.4 is 20.1 Å². The summed E-state index contributed by atoms with van der Waals surface area (Å²) < 4.78 is 11.0. The minimum absolute atomic E-state index is 0.104. The Labute approximate surface area is 157 Å². The highest BCUT2D eigenvalue weighted by Crippen LogP contribution is 2.26. The predicted octanol–water partition coefficient (Wildman–Crippen LogP) is 3.64. The van der Waals surface area contributed by atoms with Crippen molar-refractivity contribution in [3.05, 3.63) is 66.7 Å². The SMILES string of the molecule is CCOc1ccccc1Nc1ccc(NC(=O)COc2ccccc2)nn1. The second kappa shape index (κ2) is 9.19. The molecule has 3 aromatic rings. The fourth-order valence-corrected chi connectivity index (χ4v) is 2.30. The lowest BCUT2D eigenvalue weighted by Crippen LogP contribution is -2.21. The lowest BCUT2D eigenvalue weighted by molar-refractivity contribution is -0.118. The van der Waals surface area contributed by atoms with Crippen LogP contribution in [0.15, 0.2) is 66.7 Å². The van der Waals surface area contributed by atoms with E-state index in [1.807, 2.05) is 49.4 Å². The minimum Gasteiger partial charge on any atom is -0.492 e. The largest absolute Gasteiger partial charge is 0.492 e. The Balaban J connectivity index is 1.55. The van der Waals surface area contributed by atoms with Crippen LogP contribution in [0.5, 0.6) is 11.5 Å². The van der Waals surface area contributed by atoms with E-state index in [4.69, 9.17) is 9.47 Å². The molecule has 1 aromatic heterocycles. The van der Waals surface area contributed by atoms with Crippen LogP contribution in [-0.4, -0.2) is 29.3 Å². The molecule has 3 rings (SSSR count). The molecular formula is C20H20N4O3. The normalized spacial score (nSPS) is 10.1. The summed E-state index contributed by atoms with van der Waals surface area (Å²) in [5.74, 6) is 1.94. The van der Waals surface area contributed by atoms with Crippen molar-refractivity contribution in [1.82, 2.24) is 10.2 Å². The van der Waals surface area contributed by atoms with Gasteiger partial charge in [-0.2, -0.15) is 0 Å². The fraction of sp³-hybridized carbons (Fsp3) is 0.150. The molecule has 0 unspecified atom stereocenters. The van der Waals surface area contributed by atoms with Gasteiger partial charge in [0.05, 0.1) is 12.3 Å². The first-order chi connectivity index (χ1) is 13.2. The summed E-state index contributed by atoms with van der Waals surface area (Å²) in [6.07, 6.45) is 0. The lowest BCUT2D eigenvalue weighted by Gasteiger charge is -2.11. The summed E-state index contributed by atoms with van der Waals surface area (Å²) in [5.41, 5.74) is 0.793. The van der Waals surface area contributed by atoms with Crippen molar-refractivity contribution in [2.24, 2.45) is 0 Å². The maximum atomic E-state index is 11.9. The molecule has 1 heterocycles. The van der Waals surface area contributed by atoms with Crippen molar-refractivity contribution in [1.29, 1.82) is 0 Å². The molecule has 0 saturated heterocycles. The highest BCUT2D eigenvalue weighted by atomic mass is 16.5. The van der Waals surface area contributed by atoms with Gasteiger partial charge in [0, 0.05) is 0 Å². The highest BCUT2D eigenvalue weighted by Gasteiger charge is 2.07. The number of aromatic nitrogens is 2. The second-order valence-corrected chi connectivity index (χ2v) is 5.51. The average Bonchev–Trinajstić information content (AvgIpc) is 2.70. The van der Waals surface area contributed by atoms with Crippen LogP contribution in [0.2, 0.25) is 0 Å². The summed E-state index contributed by atoms with van der Waals surface area (Å²) in [5, 5.41) is 13.9. The summed E-state index contributed by atoms with van der Waals surface area (Å²) >= 11 is 0. The predicted molar refractivity (Wildman–Crippen MR) is 103 cm³/mol. The number of anilines is 3. The molecule has 2 N–H and O–H groups in total. The molecule has 7 heteroatoms. The van der Waals surface area contributed by atoms with Gasteiger partial charge < -0.3 is 20.1 Å². The third kappa shape index (κ3) is 5.43. The van der Waals surface area contributed by atoms with E-state index in [0.717, 1.165) is 11.4 Å². The maximum Gasteiger partial charge on any atom is 0.263 e. The van der Waals surface area contributed by atoms with E-state index in [-0.39, 0.29) is 12.5 Å². The third-order valence-electron chi connectivity index (χ3n) is 3.49. The van der Waals surface area contributed by atoms with Gasteiger partial charge in [0.2, 0.25) is 0 Å². The zero-order chi connectivity index (χ0) is 18.9. The van der Waals surface area contributed by atoms with Crippen LogP contribution in [0.4, 0.5) is 17.3 Å². The van der Waals surface area contributed by atoms with Crippen molar-refractivity contribution < 1.29 is 14.3 Å². The Morgan fingerprint density at radius 2 is 1.59 bits per heavy atom. The van der Waals surface area contributed by atoms with Crippen molar-refractivity contribution in [3.63, 3.8) is 0 Å². The van der Waals surface area contributed by atoms with E-state index < -0.39 is 0 Å². The molecular weight excluding hydrogens is 344 g/mol. The van der Waals surface area contributed by atoms with E-state index in [1.54, 1.807) is 24.3 Å². The number of hydrogen-bond acceptors (Lipinski definition) is 6. The van der Waals surface area contributed by atoms with E-state index in [0.29, 0.717) is 24.0 Å². The van der Waals surface area contributed by atoms with Gasteiger partial charge in [-0.25, -0.2) is 0 Å². The monoisotopic (exact) mass is 364 g/mol. The number of nitrogens with one attached hydrogen (secondary N) is 2. The molecule has 0 aliphatic rings. The Bertz CT molecular complexity index is 870. The van der Waals surface area contributed by atoms with Crippen molar-refractivity contribution in [2.75, 3.05) is 23.8 Å². The Morgan fingerprint density at radius 3 is 2.33 bits per heavy atom. The molecule has 138 valence electrons. The smallest absolute Gasteiger partial charge is 0.263 e. The molecule has 0 bridgehead atoms. The van der Waals surface area contributed by atoms with E-state index >= 15 is 0 Å². The number of benzene rings is 2. The van der Waals surface area contributed by atoms with Crippen LogP contribution in [0, 0.1) is 0 Å². The summed E-state index contributed by atoms with van der Waals surface area (Å²) in [4.78, 5) is 11.9. The molecule has 1 amide bonds. The topological polar surface area (TPSA) is 85.4 Å². The quantitative estimate of drug-likeness (QED) is 0.635. The first-order valence-electron chi connectivity index (χ1n) is 8.55. The van der Waals surface area contributed by atoms with Gasteiger partial charge >= 0.3 is 0 Å². The Hall–Kier alpha value is -3.61. The van der Waals surface area contributed by atoms with Crippen LogP contribution >= 0.6 is 0 Å². The van der Waals surface area contributed by atoms with Gasteiger partial charge in [-0.3, -0.25) is 4.79 Å². The van der Waals surface area contributed by atoms with Gasteiger partial charge in [-0.1, -0.05) is 30.3 Å². The Morgan fingerprint density at radius 1 is 0.889 bits per heavy atom. The van der Waals surface area contributed by atoms with Gasteiger partial charge in [-0.15, -0.1) is 10.2 Å². The van der Waals surface area contributed by atoms with Crippen molar-refractivity contribution >= 4 is 23.2 Å². The van der Waals surface area contributed by atoms with Gasteiger partial charge in [0.25, 0.3) is 5.91 Å². The Kier molecular flexibility index (Phi) is 6.19. The molecule has 0 radical (unpaired) electrons. The number of nitrogens with zero attached hydrogens (tertiary/aromatic N) is 2. The standard InChI is InChI=1S/C20H20N4O3/c1-2-26-17-11-7-6-10-16(17)21-18-12-13-19(24-23-18)22-20(25)14-27-15-8-4-3-5-9-15/h3-13H,2,14H2,1H3,(H,21,23)(H,22,24,25). The molecule has 0 saturated carbocycles. The molecule has 0 spiro atoms. The van der Waals surface area contributed by atoms with Crippen LogP contribution in [0.3, 0.4) is 0 Å². The summed E-state index contributed by atoms with van der Waals surface area (Å²) in [7, 11) is 0.